The molecule has 0 aromatic heterocycles. The van der Waals surface area contributed by atoms with Crippen LogP contribution in [0.15, 0.2) is 23.1 Å². The summed E-state index contributed by atoms with van der Waals surface area (Å²) in [4.78, 5) is 10.7. The Bertz CT molecular complexity index is 479. The molecule has 0 spiro atoms. The summed E-state index contributed by atoms with van der Waals surface area (Å²) in [5.74, 6) is -0.808. The molecule has 1 aromatic rings. The van der Waals surface area contributed by atoms with Crippen LogP contribution in [-0.2, 0) is 10.0 Å². The number of carbonyl (C=O) groups is 1. The van der Waals surface area contributed by atoms with Crippen molar-refractivity contribution in [1.82, 2.24) is 0 Å². The van der Waals surface area contributed by atoms with Crippen molar-refractivity contribution in [2.75, 3.05) is 0 Å². The molecule has 0 radical (unpaired) electrons. The van der Waals surface area contributed by atoms with Gasteiger partial charge in [-0.2, -0.15) is 0 Å². The first-order chi connectivity index (χ1) is 6.32. The molecule has 0 aliphatic heterocycles. The predicted octanol–water partition coefficient (Wildman–Crippen LogP) is -0.259. The molecule has 0 fully saturated rings. The summed E-state index contributed by atoms with van der Waals surface area (Å²) < 4.78 is 22.1. The normalized spacial score (nSPS) is 11.3. The molecule has 0 unspecified atom stereocenters. The molecule has 0 heterocycles. The zero-order chi connectivity index (χ0) is 10.9. The summed E-state index contributed by atoms with van der Waals surface area (Å²) in [5.41, 5.74) is 5.69. The highest BCUT2D eigenvalue weighted by Crippen LogP contribution is 2.15. The molecule has 0 aliphatic carbocycles. The van der Waals surface area contributed by atoms with Crippen LogP contribution < -0.4 is 10.9 Å². The fraction of sp³-hybridized carbons (Fsp3) is 0.125. The van der Waals surface area contributed by atoms with Crippen LogP contribution >= 0.6 is 0 Å². The van der Waals surface area contributed by atoms with E-state index in [9.17, 15) is 13.2 Å². The van der Waals surface area contributed by atoms with Crippen molar-refractivity contribution in [1.29, 1.82) is 0 Å². The van der Waals surface area contributed by atoms with Crippen molar-refractivity contribution in [2.24, 2.45) is 10.9 Å². The Morgan fingerprint density at radius 1 is 1.36 bits per heavy atom. The maximum atomic E-state index is 11.0. The number of nitrogens with two attached hydrogens (primary N) is 2. The van der Waals surface area contributed by atoms with Crippen LogP contribution in [0.3, 0.4) is 0 Å². The Morgan fingerprint density at radius 2 is 1.93 bits per heavy atom. The molecule has 14 heavy (non-hydrogen) atoms. The summed E-state index contributed by atoms with van der Waals surface area (Å²) >= 11 is 0. The summed E-state index contributed by atoms with van der Waals surface area (Å²) in [7, 11) is -3.90. The molecular weight excluding hydrogens is 204 g/mol. The highest BCUT2D eigenvalue weighted by molar-refractivity contribution is 7.89. The van der Waals surface area contributed by atoms with E-state index in [1.54, 1.807) is 13.0 Å². The smallest absolute Gasteiger partial charge is 0.250 e. The molecule has 0 aliphatic rings. The van der Waals surface area contributed by atoms with E-state index in [4.69, 9.17) is 10.9 Å². The number of hydrogen-bond donors (Lipinski definition) is 2. The van der Waals surface area contributed by atoms with E-state index in [2.05, 4.69) is 0 Å². The minimum Gasteiger partial charge on any atom is -0.366 e. The van der Waals surface area contributed by atoms with Crippen LogP contribution in [0.1, 0.15) is 15.9 Å². The molecule has 4 N–H and O–H groups in total. The minimum absolute atomic E-state index is 0.0764. The first kappa shape index (κ1) is 10.7. The molecule has 0 saturated heterocycles. The van der Waals surface area contributed by atoms with Crippen LogP contribution in [0.25, 0.3) is 0 Å². The first-order valence-corrected chi connectivity index (χ1v) is 5.30. The third-order valence-electron chi connectivity index (χ3n) is 1.71. The number of aryl methyl sites for hydroxylation is 1. The van der Waals surface area contributed by atoms with Gasteiger partial charge in [-0.15, -0.1) is 0 Å². The molecule has 5 nitrogen and oxygen atoms in total. The van der Waals surface area contributed by atoms with Crippen molar-refractivity contribution < 1.29 is 13.2 Å². The van der Waals surface area contributed by atoms with E-state index in [0.717, 1.165) is 5.56 Å². The monoisotopic (exact) mass is 214 g/mol. The first-order valence-electron chi connectivity index (χ1n) is 3.75. The van der Waals surface area contributed by atoms with E-state index >= 15 is 0 Å². The Balaban J connectivity index is 3.53. The van der Waals surface area contributed by atoms with Crippen LogP contribution in [-0.4, -0.2) is 14.3 Å². The van der Waals surface area contributed by atoms with Crippen LogP contribution in [0.4, 0.5) is 0 Å². The van der Waals surface area contributed by atoms with Gasteiger partial charge in [-0.05, 0) is 19.1 Å². The molecule has 6 heteroatoms. The second kappa shape index (κ2) is 3.39. The number of carbonyl (C=O) groups excluding carboxylic acids is 1. The van der Waals surface area contributed by atoms with Gasteiger partial charge in [0.05, 0.1) is 10.5 Å². The van der Waals surface area contributed by atoms with Gasteiger partial charge >= 0.3 is 0 Å². The summed E-state index contributed by atoms with van der Waals surface area (Å²) in [6.45, 7) is 1.72. The fourth-order valence-corrected chi connectivity index (χ4v) is 1.81. The predicted molar refractivity (Wildman–Crippen MR) is 51.1 cm³/mol. The van der Waals surface area contributed by atoms with Crippen molar-refractivity contribution in [2.45, 2.75) is 11.8 Å². The van der Waals surface area contributed by atoms with Crippen molar-refractivity contribution in [3.8, 4) is 0 Å². The zero-order valence-electron chi connectivity index (χ0n) is 7.52. The zero-order valence-corrected chi connectivity index (χ0v) is 8.34. The van der Waals surface area contributed by atoms with Crippen molar-refractivity contribution in [3.63, 3.8) is 0 Å². The number of rotatable bonds is 2. The lowest BCUT2D eigenvalue weighted by Crippen LogP contribution is -2.20. The highest BCUT2D eigenvalue weighted by Gasteiger charge is 2.16. The van der Waals surface area contributed by atoms with E-state index in [0.29, 0.717) is 0 Å². The molecule has 1 amide bonds. The SMILES string of the molecule is Cc1ccc(S(N)(=O)=O)c(C(N)=O)c1. The standard InChI is InChI=1S/C8H10N2O3S/c1-5-2-3-7(14(10,12)13)6(4-5)8(9)11/h2-4H,1H3,(H2,9,11)(H2,10,12,13). The number of primary sulfonamides is 1. The van der Waals surface area contributed by atoms with E-state index < -0.39 is 15.9 Å². The maximum absolute atomic E-state index is 11.0. The highest BCUT2D eigenvalue weighted by atomic mass is 32.2. The molecule has 0 atom stereocenters. The Kier molecular flexibility index (Phi) is 2.59. The van der Waals surface area contributed by atoms with Crippen LogP contribution in [0.5, 0.6) is 0 Å². The van der Waals surface area contributed by atoms with Gasteiger partial charge in [0, 0.05) is 0 Å². The summed E-state index contributed by atoms with van der Waals surface area (Å²) in [6.07, 6.45) is 0. The van der Waals surface area contributed by atoms with E-state index in [1.807, 2.05) is 0 Å². The van der Waals surface area contributed by atoms with E-state index in [-0.39, 0.29) is 10.5 Å². The lowest BCUT2D eigenvalue weighted by Gasteiger charge is -2.04. The lowest BCUT2D eigenvalue weighted by atomic mass is 10.1. The molecule has 0 saturated carbocycles. The van der Waals surface area contributed by atoms with E-state index in [1.165, 1.54) is 12.1 Å². The Labute approximate surface area is 81.8 Å². The largest absolute Gasteiger partial charge is 0.366 e. The minimum atomic E-state index is -3.90. The van der Waals surface area contributed by atoms with Gasteiger partial charge < -0.3 is 5.73 Å². The molecular formula is C8H10N2O3S. The lowest BCUT2D eigenvalue weighted by molar-refractivity contribution is 0.0997. The quantitative estimate of drug-likeness (QED) is 0.708. The third-order valence-corrected chi connectivity index (χ3v) is 2.68. The maximum Gasteiger partial charge on any atom is 0.250 e. The number of primary amides is 1. The van der Waals surface area contributed by atoms with Gasteiger partial charge in [-0.1, -0.05) is 11.6 Å². The molecule has 0 bridgehead atoms. The number of benzene rings is 1. The Hall–Kier alpha value is -1.40. The second-order valence-electron chi connectivity index (χ2n) is 2.91. The average Bonchev–Trinajstić information content (AvgIpc) is 2.01. The van der Waals surface area contributed by atoms with Crippen LogP contribution in [0.2, 0.25) is 0 Å². The number of hydrogen-bond acceptors (Lipinski definition) is 3. The van der Waals surface area contributed by atoms with Crippen molar-refractivity contribution >= 4 is 15.9 Å². The topological polar surface area (TPSA) is 103 Å². The average molecular weight is 214 g/mol. The molecule has 1 aromatic carbocycles. The van der Waals surface area contributed by atoms with Gasteiger partial charge in [0.1, 0.15) is 0 Å². The van der Waals surface area contributed by atoms with Gasteiger partial charge in [-0.25, -0.2) is 13.6 Å². The second-order valence-corrected chi connectivity index (χ2v) is 4.44. The van der Waals surface area contributed by atoms with Gasteiger partial charge in [-0.3, -0.25) is 4.79 Å². The third kappa shape index (κ3) is 2.09. The number of sulfonamides is 1. The Morgan fingerprint density at radius 3 is 2.36 bits per heavy atom. The number of amides is 1. The van der Waals surface area contributed by atoms with Gasteiger partial charge in [0.2, 0.25) is 15.9 Å². The molecule has 76 valence electrons. The van der Waals surface area contributed by atoms with Crippen molar-refractivity contribution in [3.05, 3.63) is 29.3 Å². The van der Waals surface area contributed by atoms with Gasteiger partial charge in [0.25, 0.3) is 0 Å². The summed E-state index contributed by atoms with van der Waals surface area (Å²) in [5, 5.41) is 4.91. The van der Waals surface area contributed by atoms with Gasteiger partial charge in [0.15, 0.2) is 0 Å². The fourth-order valence-electron chi connectivity index (χ4n) is 1.08. The van der Waals surface area contributed by atoms with Crippen LogP contribution in [0, 0.1) is 6.92 Å². The summed E-state index contributed by atoms with van der Waals surface area (Å²) in [6, 6.07) is 4.21. The molecule has 1 rings (SSSR count).